The molecule has 0 aliphatic carbocycles. The fraction of sp³-hybridized carbons (Fsp3) is 0.348. The van der Waals surface area contributed by atoms with Crippen molar-refractivity contribution in [1.29, 1.82) is 5.41 Å². The highest BCUT2D eigenvalue weighted by atomic mass is 79.9. The first kappa shape index (κ1) is 23.9. The highest BCUT2D eigenvalue weighted by Gasteiger charge is 2.39. The molecule has 0 aromatic heterocycles. The molecular formula is C23H25BrFN3O4. The third kappa shape index (κ3) is 5.52. The molecular weight excluding hydrogens is 481 g/mol. The lowest BCUT2D eigenvalue weighted by molar-refractivity contribution is -0.145. The zero-order chi connectivity index (χ0) is 23.1. The maximum absolute atomic E-state index is 13.5. The quantitative estimate of drug-likeness (QED) is 0.303. The van der Waals surface area contributed by atoms with Crippen molar-refractivity contribution in [3.8, 4) is 5.75 Å². The first-order chi connectivity index (χ1) is 15.4. The summed E-state index contributed by atoms with van der Waals surface area (Å²) < 4.78 is 24.5. The van der Waals surface area contributed by atoms with Gasteiger partial charge in [-0.3, -0.25) is 10.2 Å². The third-order valence-corrected chi connectivity index (χ3v) is 5.90. The summed E-state index contributed by atoms with van der Waals surface area (Å²) in [4.78, 5) is 24.8. The number of ether oxygens (including phenoxy) is 2. The molecule has 0 unspecified atom stereocenters. The average molecular weight is 506 g/mol. The van der Waals surface area contributed by atoms with Crippen molar-refractivity contribution in [2.24, 2.45) is 0 Å². The molecule has 32 heavy (non-hydrogen) atoms. The van der Waals surface area contributed by atoms with Crippen LogP contribution < -0.4 is 15.4 Å². The van der Waals surface area contributed by atoms with Crippen LogP contribution in [0.3, 0.4) is 0 Å². The predicted molar refractivity (Wildman–Crippen MR) is 122 cm³/mol. The van der Waals surface area contributed by atoms with Crippen LogP contribution in [0.5, 0.6) is 5.75 Å². The van der Waals surface area contributed by atoms with Crippen molar-refractivity contribution in [2.75, 3.05) is 26.3 Å². The molecule has 3 rings (SSSR count). The van der Waals surface area contributed by atoms with E-state index in [2.05, 4.69) is 26.6 Å². The highest BCUT2D eigenvalue weighted by molar-refractivity contribution is 9.10. The Balaban J connectivity index is 1.83. The maximum Gasteiger partial charge on any atom is 0.344 e. The van der Waals surface area contributed by atoms with Crippen LogP contribution in [0.4, 0.5) is 4.39 Å². The van der Waals surface area contributed by atoms with Crippen LogP contribution in [0, 0.1) is 11.2 Å². The van der Waals surface area contributed by atoms with Gasteiger partial charge in [-0.15, -0.1) is 0 Å². The number of piperidine rings is 1. The molecule has 0 spiro atoms. The Hall–Kier alpha value is -2.78. The molecule has 1 aliphatic rings. The summed E-state index contributed by atoms with van der Waals surface area (Å²) in [5.74, 6) is -1.19. The van der Waals surface area contributed by atoms with Crippen molar-refractivity contribution in [3.05, 3.63) is 63.9 Å². The van der Waals surface area contributed by atoms with Gasteiger partial charge < -0.3 is 20.1 Å². The van der Waals surface area contributed by atoms with E-state index in [1.165, 1.54) is 12.1 Å². The predicted octanol–water partition coefficient (Wildman–Crippen LogP) is 3.56. The molecule has 2 aromatic rings. The van der Waals surface area contributed by atoms with Crippen molar-refractivity contribution < 1.29 is 23.5 Å². The molecule has 3 N–H and O–H groups in total. The number of halogens is 2. The summed E-state index contributed by atoms with van der Waals surface area (Å²) in [5, 5.41) is 14.7. The number of amidine groups is 1. The Morgan fingerprint density at radius 3 is 2.53 bits per heavy atom. The van der Waals surface area contributed by atoms with E-state index in [9.17, 15) is 14.0 Å². The van der Waals surface area contributed by atoms with E-state index in [4.69, 9.17) is 14.9 Å². The second kappa shape index (κ2) is 10.7. The van der Waals surface area contributed by atoms with E-state index in [-0.39, 0.29) is 36.2 Å². The van der Waals surface area contributed by atoms with Crippen molar-refractivity contribution in [3.63, 3.8) is 0 Å². The monoisotopic (exact) mass is 505 g/mol. The third-order valence-electron chi connectivity index (χ3n) is 5.41. The molecule has 1 saturated heterocycles. The van der Waals surface area contributed by atoms with Crippen molar-refractivity contribution in [2.45, 2.75) is 25.2 Å². The van der Waals surface area contributed by atoms with Crippen LogP contribution in [-0.2, 0) is 14.9 Å². The van der Waals surface area contributed by atoms with Gasteiger partial charge in [-0.2, -0.15) is 0 Å². The summed E-state index contributed by atoms with van der Waals surface area (Å²) in [6.07, 6.45) is 1.17. The van der Waals surface area contributed by atoms with Crippen LogP contribution in [-0.4, -0.2) is 44.0 Å². The highest BCUT2D eigenvalue weighted by Crippen LogP contribution is 2.34. The summed E-state index contributed by atoms with van der Waals surface area (Å²) >= 11 is 3.34. The molecule has 0 radical (unpaired) electrons. The van der Waals surface area contributed by atoms with Gasteiger partial charge in [0.05, 0.1) is 17.6 Å². The Labute approximate surface area is 194 Å². The van der Waals surface area contributed by atoms with Crippen LogP contribution in [0.15, 0.2) is 46.9 Å². The maximum atomic E-state index is 13.5. The summed E-state index contributed by atoms with van der Waals surface area (Å²) in [5.41, 5.74) is 0.211. The molecule has 1 heterocycles. The first-order valence-corrected chi connectivity index (χ1v) is 11.1. The van der Waals surface area contributed by atoms with Gasteiger partial charge in [-0.25, -0.2) is 9.18 Å². The molecule has 2 aromatic carbocycles. The fourth-order valence-electron chi connectivity index (χ4n) is 3.75. The summed E-state index contributed by atoms with van der Waals surface area (Å²) in [6.45, 7) is 2.92. The number of carbonyl (C=O) groups excluding carboxylic acids is 2. The Morgan fingerprint density at radius 2 is 1.88 bits per heavy atom. The Kier molecular flexibility index (Phi) is 7.98. The molecule has 1 aliphatic heterocycles. The first-order valence-electron chi connectivity index (χ1n) is 10.3. The Bertz CT molecular complexity index is 991. The van der Waals surface area contributed by atoms with Crippen LogP contribution in [0.25, 0.3) is 0 Å². The van der Waals surface area contributed by atoms with E-state index in [1.54, 1.807) is 37.3 Å². The number of nitrogens with one attached hydrogen (secondary N) is 3. The van der Waals surface area contributed by atoms with E-state index >= 15 is 0 Å². The minimum absolute atomic E-state index is 0.0342. The lowest BCUT2D eigenvalue weighted by Gasteiger charge is -2.38. The van der Waals surface area contributed by atoms with Gasteiger partial charge in [-0.1, -0.05) is 28.1 Å². The second-order valence-corrected chi connectivity index (χ2v) is 8.32. The SMILES string of the molecule is CCOC(=O)COc1ccc(Br)cc1C(=O)NC(=N)C1(c2ccc(F)cc2)CCNCC1. The number of rotatable bonds is 7. The van der Waals surface area contributed by atoms with Gasteiger partial charge in [0.25, 0.3) is 5.91 Å². The number of hydrogen-bond acceptors (Lipinski definition) is 6. The zero-order valence-corrected chi connectivity index (χ0v) is 19.3. The lowest BCUT2D eigenvalue weighted by atomic mass is 9.72. The van der Waals surface area contributed by atoms with Crippen molar-refractivity contribution >= 4 is 33.6 Å². The number of benzene rings is 2. The standard InChI is InChI=1S/C23H25BrFN3O4/c1-2-31-20(29)14-32-19-8-5-16(24)13-18(19)21(30)28-22(26)23(9-11-27-12-10-23)15-3-6-17(25)7-4-15/h3-8,13,27H,2,9-12,14H2,1H3,(H2,26,28,30). The molecule has 1 amide bonds. The molecule has 0 bridgehead atoms. The van der Waals surface area contributed by atoms with Gasteiger partial charge in [0.2, 0.25) is 0 Å². The van der Waals surface area contributed by atoms with Crippen molar-refractivity contribution in [1.82, 2.24) is 10.6 Å². The van der Waals surface area contributed by atoms with Gasteiger partial charge in [-0.05, 0) is 68.8 Å². The summed E-state index contributed by atoms with van der Waals surface area (Å²) in [6, 6.07) is 10.9. The second-order valence-electron chi connectivity index (χ2n) is 7.40. The molecule has 9 heteroatoms. The molecule has 7 nitrogen and oxygen atoms in total. The lowest BCUT2D eigenvalue weighted by Crippen LogP contribution is -2.51. The number of hydrogen-bond donors (Lipinski definition) is 3. The molecule has 0 atom stereocenters. The van der Waals surface area contributed by atoms with E-state index < -0.39 is 17.3 Å². The fourth-order valence-corrected chi connectivity index (χ4v) is 4.11. The number of carbonyl (C=O) groups is 2. The molecule has 170 valence electrons. The minimum atomic E-state index is -0.743. The topological polar surface area (TPSA) is 101 Å². The smallest absolute Gasteiger partial charge is 0.344 e. The zero-order valence-electron chi connectivity index (χ0n) is 17.7. The van der Waals surface area contributed by atoms with E-state index in [0.29, 0.717) is 30.4 Å². The normalized spacial score (nSPS) is 15.0. The molecule has 1 fully saturated rings. The number of esters is 1. The number of amides is 1. The largest absolute Gasteiger partial charge is 0.481 e. The van der Waals surface area contributed by atoms with Gasteiger partial charge >= 0.3 is 5.97 Å². The minimum Gasteiger partial charge on any atom is -0.481 e. The summed E-state index contributed by atoms with van der Waals surface area (Å²) in [7, 11) is 0. The van der Waals surface area contributed by atoms with E-state index in [0.717, 1.165) is 5.56 Å². The van der Waals surface area contributed by atoms with Crippen LogP contribution in [0.1, 0.15) is 35.7 Å². The van der Waals surface area contributed by atoms with Crippen LogP contribution >= 0.6 is 15.9 Å². The average Bonchev–Trinajstić information content (AvgIpc) is 2.79. The van der Waals surface area contributed by atoms with E-state index in [1.807, 2.05) is 0 Å². The van der Waals surface area contributed by atoms with Crippen LogP contribution in [0.2, 0.25) is 0 Å². The van der Waals surface area contributed by atoms with Gasteiger partial charge in [0.15, 0.2) is 6.61 Å². The van der Waals surface area contributed by atoms with Gasteiger partial charge in [0, 0.05) is 4.47 Å². The Morgan fingerprint density at radius 1 is 1.19 bits per heavy atom. The molecule has 0 saturated carbocycles. The van der Waals surface area contributed by atoms with Gasteiger partial charge in [0.1, 0.15) is 17.4 Å².